The molecule has 0 saturated carbocycles. The Bertz CT molecular complexity index is 1190. The lowest BCUT2D eigenvalue weighted by Crippen LogP contribution is -2.49. The molecule has 2 unspecified atom stereocenters. The Morgan fingerprint density at radius 3 is 2.23 bits per heavy atom. The van der Waals surface area contributed by atoms with E-state index >= 15 is 0 Å². The molecule has 5 heteroatoms. The predicted molar refractivity (Wildman–Crippen MR) is 123 cm³/mol. The summed E-state index contributed by atoms with van der Waals surface area (Å²) in [5.74, 6) is 0.163. The van der Waals surface area contributed by atoms with E-state index in [1.165, 1.54) is 16.3 Å². The smallest absolute Gasteiger partial charge is 0.223 e. The van der Waals surface area contributed by atoms with Crippen LogP contribution >= 0.6 is 0 Å². The van der Waals surface area contributed by atoms with Crippen LogP contribution < -0.4 is 0 Å². The van der Waals surface area contributed by atoms with E-state index in [4.69, 9.17) is 0 Å². The first kappa shape index (κ1) is 20.3. The number of piperidine rings is 1. The van der Waals surface area contributed by atoms with Gasteiger partial charge in [0.2, 0.25) is 5.91 Å². The van der Waals surface area contributed by atoms with Gasteiger partial charge in [-0.1, -0.05) is 60.7 Å². The van der Waals surface area contributed by atoms with E-state index in [1.807, 2.05) is 29.2 Å². The second-order valence-electron chi connectivity index (χ2n) is 8.78. The van der Waals surface area contributed by atoms with Gasteiger partial charge in [-0.25, -0.2) is 8.42 Å². The van der Waals surface area contributed by atoms with Crippen molar-refractivity contribution in [1.29, 1.82) is 0 Å². The Hall–Kier alpha value is -2.66. The van der Waals surface area contributed by atoms with E-state index in [0.29, 0.717) is 30.6 Å². The third-order valence-electron chi connectivity index (χ3n) is 6.98. The molecule has 4 nitrogen and oxygen atoms in total. The van der Waals surface area contributed by atoms with E-state index in [1.54, 1.807) is 24.3 Å². The van der Waals surface area contributed by atoms with E-state index in [9.17, 15) is 13.2 Å². The second-order valence-corrected chi connectivity index (χ2v) is 11.0. The monoisotopic (exact) mass is 433 g/mol. The molecule has 0 aliphatic carbocycles. The summed E-state index contributed by atoms with van der Waals surface area (Å²) >= 11 is 0. The zero-order valence-electron chi connectivity index (χ0n) is 17.5. The van der Waals surface area contributed by atoms with E-state index in [2.05, 4.69) is 24.3 Å². The number of fused-ring (bicyclic) bond motifs is 3. The molecular weight excluding hydrogens is 406 g/mol. The van der Waals surface area contributed by atoms with Gasteiger partial charge in [0.1, 0.15) is 0 Å². The number of hydrogen-bond acceptors (Lipinski definition) is 3. The van der Waals surface area contributed by atoms with Gasteiger partial charge in [0.25, 0.3) is 0 Å². The molecule has 2 bridgehead atoms. The molecule has 3 aromatic carbocycles. The van der Waals surface area contributed by atoms with Crippen LogP contribution in [0.5, 0.6) is 0 Å². The molecule has 31 heavy (non-hydrogen) atoms. The van der Waals surface area contributed by atoms with Crippen molar-refractivity contribution < 1.29 is 13.2 Å². The third kappa shape index (κ3) is 3.76. The molecule has 0 aromatic heterocycles. The highest BCUT2D eigenvalue weighted by molar-refractivity contribution is 7.92. The first-order valence-electron chi connectivity index (χ1n) is 11.1. The number of aryl methyl sites for hydroxylation is 1. The van der Waals surface area contributed by atoms with E-state index < -0.39 is 15.1 Å². The Kier molecular flexibility index (Phi) is 5.30. The molecule has 0 spiro atoms. The third-order valence-corrected chi connectivity index (χ3v) is 9.17. The Labute approximate surface area is 183 Å². The molecule has 2 aliphatic rings. The van der Waals surface area contributed by atoms with Crippen LogP contribution in [0.1, 0.15) is 37.7 Å². The molecule has 0 radical (unpaired) electrons. The van der Waals surface area contributed by atoms with Gasteiger partial charge in [-0.2, -0.15) is 0 Å². The summed E-state index contributed by atoms with van der Waals surface area (Å²) in [6.45, 7) is 0. The summed E-state index contributed by atoms with van der Waals surface area (Å²) in [6.07, 6.45) is 4.09. The van der Waals surface area contributed by atoms with Gasteiger partial charge in [-0.3, -0.25) is 4.79 Å². The van der Waals surface area contributed by atoms with Gasteiger partial charge in [-0.15, -0.1) is 0 Å². The molecular formula is C26H27NO3S. The molecule has 1 amide bonds. The van der Waals surface area contributed by atoms with Crippen molar-refractivity contribution in [3.8, 4) is 0 Å². The molecule has 2 heterocycles. The number of amides is 1. The SMILES string of the molecule is O=C(CCc1cccc2ccccc12)N1C2CCC1CC(S(=O)(=O)c1ccccc1)C2. The minimum Gasteiger partial charge on any atom is -0.337 e. The number of hydrogen-bond donors (Lipinski definition) is 0. The van der Waals surface area contributed by atoms with Crippen LogP contribution in [0.4, 0.5) is 0 Å². The van der Waals surface area contributed by atoms with Crippen LogP contribution in [0, 0.1) is 0 Å². The van der Waals surface area contributed by atoms with Gasteiger partial charge < -0.3 is 4.90 Å². The maximum atomic E-state index is 13.2. The lowest BCUT2D eigenvalue weighted by Gasteiger charge is -2.38. The van der Waals surface area contributed by atoms with Crippen LogP contribution in [0.3, 0.4) is 0 Å². The Morgan fingerprint density at radius 1 is 0.839 bits per heavy atom. The van der Waals surface area contributed by atoms with Crippen molar-refractivity contribution in [2.45, 2.75) is 60.8 Å². The average molecular weight is 434 g/mol. The van der Waals surface area contributed by atoms with Crippen LogP contribution in [-0.4, -0.2) is 36.6 Å². The van der Waals surface area contributed by atoms with Crippen molar-refractivity contribution in [2.75, 3.05) is 0 Å². The summed E-state index contributed by atoms with van der Waals surface area (Å²) < 4.78 is 26.2. The van der Waals surface area contributed by atoms with Crippen molar-refractivity contribution in [2.24, 2.45) is 0 Å². The van der Waals surface area contributed by atoms with Crippen LogP contribution in [0.2, 0.25) is 0 Å². The topological polar surface area (TPSA) is 54.5 Å². The van der Waals surface area contributed by atoms with Gasteiger partial charge in [-0.05, 0) is 60.6 Å². The molecule has 5 rings (SSSR count). The van der Waals surface area contributed by atoms with Gasteiger partial charge in [0.05, 0.1) is 10.1 Å². The molecule has 2 fully saturated rings. The molecule has 2 saturated heterocycles. The number of nitrogens with zero attached hydrogens (tertiary/aromatic N) is 1. The molecule has 2 aliphatic heterocycles. The largest absolute Gasteiger partial charge is 0.337 e. The number of rotatable bonds is 5. The van der Waals surface area contributed by atoms with Crippen molar-refractivity contribution in [3.63, 3.8) is 0 Å². The van der Waals surface area contributed by atoms with Crippen LogP contribution in [0.25, 0.3) is 10.8 Å². The lowest BCUT2D eigenvalue weighted by molar-refractivity contribution is -0.135. The molecule has 3 aromatic rings. The average Bonchev–Trinajstić information content (AvgIpc) is 3.07. The van der Waals surface area contributed by atoms with Crippen molar-refractivity contribution >= 4 is 26.5 Å². The lowest BCUT2D eigenvalue weighted by atomic mass is 9.98. The van der Waals surface area contributed by atoms with E-state index in [-0.39, 0.29) is 18.0 Å². The fraction of sp³-hybridized carbons (Fsp3) is 0.346. The van der Waals surface area contributed by atoms with Gasteiger partial charge in [0.15, 0.2) is 9.84 Å². The second kappa shape index (κ2) is 8.12. The van der Waals surface area contributed by atoms with Crippen LogP contribution in [-0.2, 0) is 21.1 Å². The minimum absolute atomic E-state index is 0.0438. The molecule has 0 N–H and O–H groups in total. The first-order chi connectivity index (χ1) is 15.0. The van der Waals surface area contributed by atoms with Crippen LogP contribution in [0.15, 0.2) is 77.7 Å². The molecule has 2 atom stereocenters. The van der Waals surface area contributed by atoms with Crippen molar-refractivity contribution in [3.05, 3.63) is 78.4 Å². The van der Waals surface area contributed by atoms with Gasteiger partial charge >= 0.3 is 0 Å². The number of carbonyl (C=O) groups is 1. The Morgan fingerprint density at radius 2 is 1.48 bits per heavy atom. The predicted octanol–water partition coefficient (Wildman–Crippen LogP) is 4.77. The maximum Gasteiger partial charge on any atom is 0.223 e. The Balaban J connectivity index is 1.29. The van der Waals surface area contributed by atoms with Gasteiger partial charge in [0, 0.05) is 18.5 Å². The highest BCUT2D eigenvalue weighted by atomic mass is 32.2. The first-order valence-corrected chi connectivity index (χ1v) is 12.7. The zero-order chi connectivity index (χ0) is 21.4. The summed E-state index contributed by atoms with van der Waals surface area (Å²) in [7, 11) is -3.35. The highest BCUT2D eigenvalue weighted by Crippen LogP contribution is 2.40. The highest BCUT2D eigenvalue weighted by Gasteiger charge is 2.46. The fourth-order valence-corrected chi connectivity index (χ4v) is 7.34. The zero-order valence-corrected chi connectivity index (χ0v) is 18.3. The summed E-state index contributed by atoms with van der Waals surface area (Å²) in [4.78, 5) is 15.6. The standard InChI is InChI=1S/C26H27NO3S/c28-26(16-13-20-9-6-8-19-7-4-5-12-25(19)20)27-21-14-15-22(27)18-24(17-21)31(29,30)23-10-2-1-3-11-23/h1-12,21-22,24H,13-18H2. The number of sulfone groups is 1. The number of carbonyl (C=O) groups excluding carboxylic acids is 1. The fourth-order valence-electron chi connectivity index (χ4n) is 5.47. The number of benzene rings is 3. The quantitative estimate of drug-likeness (QED) is 0.582. The minimum atomic E-state index is -3.35. The molecule has 160 valence electrons. The maximum absolute atomic E-state index is 13.2. The van der Waals surface area contributed by atoms with Crippen molar-refractivity contribution in [1.82, 2.24) is 4.90 Å². The van der Waals surface area contributed by atoms with E-state index in [0.717, 1.165) is 12.8 Å². The normalized spacial score (nSPS) is 23.2. The summed E-state index contributed by atoms with van der Waals surface area (Å²) in [6, 6.07) is 23.3. The summed E-state index contributed by atoms with van der Waals surface area (Å²) in [5, 5.41) is 2.00. The summed E-state index contributed by atoms with van der Waals surface area (Å²) in [5.41, 5.74) is 1.19.